The number of alkyl halides is 3. The largest absolute Gasteiger partial charge is 0.573 e. The van der Waals surface area contributed by atoms with Crippen molar-refractivity contribution in [1.82, 2.24) is 15.0 Å². The number of hydrogen-bond donors (Lipinski definition) is 0. The van der Waals surface area contributed by atoms with Crippen molar-refractivity contribution in [2.75, 3.05) is 7.11 Å². The van der Waals surface area contributed by atoms with Crippen LogP contribution in [0, 0.1) is 5.92 Å². The molecule has 2 fully saturated rings. The number of nitrogens with zero attached hydrogens (tertiary/aromatic N) is 3. The fourth-order valence-electron chi connectivity index (χ4n) is 6.13. The van der Waals surface area contributed by atoms with Gasteiger partial charge < -0.3 is 23.7 Å². The average molecular weight is 660 g/mol. The number of methoxy groups -OCH3 is 1. The van der Waals surface area contributed by atoms with Gasteiger partial charge in [-0.15, -0.1) is 13.2 Å². The molecule has 3 aromatic rings. The number of benzene rings is 2. The lowest BCUT2D eigenvalue weighted by Crippen LogP contribution is -2.30. The van der Waals surface area contributed by atoms with Crippen LogP contribution >= 0.6 is 0 Å². The predicted molar refractivity (Wildman–Crippen MR) is 163 cm³/mol. The lowest BCUT2D eigenvalue weighted by Gasteiger charge is -2.29. The summed E-state index contributed by atoms with van der Waals surface area (Å²) in [5.74, 6) is -0.740. The highest BCUT2D eigenvalue weighted by atomic mass is 19.4. The minimum Gasteiger partial charge on any atom is -0.497 e. The summed E-state index contributed by atoms with van der Waals surface area (Å²) in [5, 5.41) is 8.41. The lowest BCUT2D eigenvalue weighted by molar-refractivity contribution is -0.274. The van der Waals surface area contributed by atoms with E-state index in [-0.39, 0.29) is 54.2 Å². The van der Waals surface area contributed by atoms with E-state index in [9.17, 15) is 22.8 Å². The molecule has 0 bridgehead atoms. The number of ether oxygens (including phenoxy) is 5. The van der Waals surface area contributed by atoms with Crippen molar-refractivity contribution < 1.29 is 46.4 Å². The Morgan fingerprint density at radius 1 is 0.894 bits per heavy atom. The average Bonchev–Trinajstić information content (AvgIpc) is 3.46. The van der Waals surface area contributed by atoms with Gasteiger partial charge in [0.05, 0.1) is 19.6 Å². The van der Waals surface area contributed by atoms with Crippen molar-refractivity contribution in [2.24, 2.45) is 5.92 Å². The zero-order chi connectivity index (χ0) is 33.4. The molecule has 1 heterocycles. The summed E-state index contributed by atoms with van der Waals surface area (Å²) in [6.07, 6.45) is 1.45. The first-order chi connectivity index (χ1) is 22.6. The highest BCUT2D eigenvalue weighted by molar-refractivity contribution is 5.90. The van der Waals surface area contributed by atoms with Gasteiger partial charge in [0.2, 0.25) is 12.0 Å². The summed E-state index contributed by atoms with van der Waals surface area (Å²) < 4.78 is 65.8. The van der Waals surface area contributed by atoms with Crippen LogP contribution in [0.1, 0.15) is 98.7 Å². The molecule has 254 valence electrons. The molecule has 2 aromatic carbocycles. The van der Waals surface area contributed by atoms with E-state index in [0.29, 0.717) is 18.6 Å². The monoisotopic (exact) mass is 659 g/mol. The van der Waals surface area contributed by atoms with Crippen molar-refractivity contribution >= 4 is 11.9 Å². The Morgan fingerprint density at radius 3 is 2.17 bits per heavy atom. The van der Waals surface area contributed by atoms with Crippen molar-refractivity contribution in [3.05, 3.63) is 65.4 Å². The molecule has 0 saturated heterocycles. The third-order valence-corrected chi connectivity index (χ3v) is 8.68. The second-order valence-electron chi connectivity index (χ2n) is 12.0. The van der Waals surface area contributed by atoms with Gasteiger partial charge >= 0.3 is 18.3 Å². The third kappa shape index (κ3) is 9.39. The molecule has 0 radical (unpaired) electrons. The summed E-state index contributed by atoms with van der Waals surface area (Å²) in [4.78, 5) is 26.5. The Balaban J connectivity index is 1.27. The Bertz CT molecular complexity index is 1460. The van der Waals surface area contributed by atoms with Crippen molar-refractivity contribution in [2.45, 2.75) is 102 Å². The molecule has 0 spiro atoms. The third-order valence-electron chi connectivity index (χ3n) is 8.68. The number of carbonyl (C=O) groups excluding carboxylic acids is 2. The number of carbonyl (C=O) groups is 2. The van der Waals surface area contributed by atoms with E-state index >= 15 is 0 Å². The van der Waals surface area contributed by atoms with Gasteiger partial charge in [0, 0.05) is 6.42 Å². The van der Waals surface area contributed by atoms with E-state index in [1.807, 2.05) is 12.1 Å². The summed E-state index contributed by atoms with van der Waals surface area (Å²) in [5.41, 5.74) is 1.76. The Morgan fingerprint density at radius 2 is 1.55 bits per heavy atom. The quantitative estimate of drug-likeness (QED) is 0.146. The highest BCUT2D eigenvalue weighted by Crippen LogP contribution is 2.36. The van der Waals surface area contributed by atoms with E-state index in [4.69, 9.17) is 18.9 Å². The molecule has 2 saturated carbocycles. The molecule has 47 heavy (non-hydrogen) atoms. The van der Waals surface area contributed by atoms with Gasteiger partial charge in [-0.2, -0.15) is 0 Å². The van der Waals surface area contributed by atoms with E-state index < -0.39 is 18.6 Å². The fourth-order valence-corrected chi connectivity index (χ4v) is 6.13. The maximum Gasteiger partial charge on any atom is 0.573 e. The van der Waals surface area contributed by atoms with Crippen molar-refractivity contribution in [1.29, 1.82) is 0 Å². The number of esters is 2. The Hall–Kier alpha value is -4.29. The van der Waals surface area contributed by atoms with Crippen LogP contribution in [0.4, 0.5) is 13.2 Å². The van der Waals surface area contributed by atoms with Gasteiger partial charge in [0.15, 0.2) is 0 Å². The second-order valence-corrected chi connectivity index (χ2v) is 12.0. The summed E-state index contributed by atoms with van der Waals surface area (Å²) in [6.45, 7) is 1.97. The number of hydrogen-bond acceptors (Lipinski definition) is 9. The molecule has 13 heteroatoms. The first-order valence-electron chi connectivity index (χ1n) is 16.1. The molecule has 2 aliphatic carbocycles. The van der Waals surface area contributed by atoms with Gasteiger partial charge in [-0.3, -0.25) is 4.79 Å². The SMILES string of the molecule is CCC(OC(=O)c1c(O[C@H]2CC[C@H](c3ccc(OC(F)(F)F)cc3)CC2)nnn1Cc1ccc(OC)cc1)OC(=O)C1CCCCC1. The molecular formula is C34H40F3N3O7. The number of halogens is 3. The Kier molecular flexibility index (Phi) is 11.3. The highest BCUT2D eigenvalue weighted by Gasteiger charge is 2.33. The molecule has 10 nitrogen and oxygen atoms in total. The zero-order valence-corrected chi connectivity index (χ0v) is 26.5. The predicted octanol–water partition coefficient (Wildman–Crippen LogP) is 7.36. The van der Waals surface area contributed by atoms with Crippen LogP contribution in [0.25, 0.3) is 0 Å². The molecule has 0 amide bonds. The second kappa shape index (κ2) is 15.5. The van der Waals surface area contributed by atoms with Gasteiger partial charge in [-0.05, 0) is 79.8 Å². The van der Waals surface area contributed by atoms with Crippen LogP contribution in [-0.4, -0.2) is 52.8 Å². The van der Waals surface area contributed by atoms with Crippen LogP contribution in [-0.2, 0) is 20.8 Å². The molecule has 5 rings (SSSR count). The van der Waals surface area contributed by atoms with E-state index in [2.05, 4.69) is 15.0 Å². The summed E-state index contributed by atoms with van der Waals surface area (Å²) >= 11 is 0. The van der Waals surface area contributed by atoms with Crippen LogP contribution < -0.4 is 14.2 Å². The van der Waals surface area contributed by atoms with E-state index in [0.717, 1.165) is 56.1 Å². The number of rotatable bonds is 12. The molecule has 0 aliphatic heterocycles. The molecule has 1 atom stereocenters. The van der Waals surface area contributed by atoms with Crippen LogP contribution in [0.3, 0.4) is 0 Å². The zero-order valence-electron chi connectivity index (χ0n) is 26.5. The minimum absolute atomic E-state index is 0.00959. The van der Waals surface area contributed by atoms with Gasteiger partial charge in [-0.1, -0.05) is 60.8 Å². The fraction of sp³-hybridized carbons (Fsp3) is 0.529. The summed E-state index contributed by atoms with van der Waals surface area (Å²) in [7, 11) is 1.58. The molecule has 1 aromatic heterocycles. The topological polar surface area (TPSA) is 111 Å². The normalized spacial score (nSPS) is 19.4. The first kappa shape index (κ1) is 34.1. The van der Waals surface area contributed by atoms with Crippen LogP contribution in [0.15, 0.2) is 48.5 Å². The summed E-state index contributed by atoms with van der Waals surface area (Å²) in [6, 6.07) is 13.2. The molecular weight excluding hydrogens is 619 g/mol. The Labute approximate surface area is 271 Å². The standard InChI is InChI=1S/C34H40F3N3O7/c1-3-29(45-32(41)25-7-5-4-6-8-25)46-33(42)30-31(38-39-40(30)21-22-9-15-26(43-2)16-10-22)44-27-17-11-23(12-18-27)24-13-19-28(20-14-24)47-34(35,36)37/h9-10,13-16,19-20,23,25,27,29H,3-8,11-12,17-18,21H2,1-2H3/t23-,27-,29?. The maximum atomic E-state index is 13.7. The lowest BCUT2D eigenvalue weighted by atomic mass is 9.83. The van der Waals surface area contributed by atoms with E-state index in [1.165, 1.54) is 16.8 Å². The van der Waals surface area contributed by atoms with Crippen LogP contribution in [0.2, 0.25) is 0 Å². The maximum absolute atomic E-state index is 13.7. The van der Waals surface area contributed by atoms with Gasteiger partial charge in [0.1, 0.15) is 17.6 Å². The first-order valence-corrected chi connectivity index (χ1v) is 16.1. The number of aromatic nitrogens is 3. The molecule has 1 unspecified atom stereocenters. The smallest absolute Gasteiger partial charge is 0.497 e. The molecule has 0 N–H and O–H groups in total. The van der Waals surface area contributed by atoms with Gasteiger partial charge in [-0.25, -0.2) is 9.48 Å². The van der Waals surface area contributed by atoms with Crippen molar-refractivity contribution in [3.63, 3.8) is 0 Å². The molecule has 2 aliphatic rings. The minimum atomic E-state index is -4.74. The van der Waals surface area contributed by atoms with E-state index in [1.54, 1.807) is 38.3 Å². The van der Waals surface area contributed by atoms with Crippen molar-refractivity contribution in [3.8, 4) is 17.4 Å². The van der Waals surface area contributed by atoms with Gasteiger partial charge in [0.25, 0.3) is 5.88 Å². The van der Waals surface area contributed by atoms with Crippen LogP contribution in [0.5, 0.6) is 17.4 Å².